The lowest BCUT2D eigenvalue weighted by atomic mass is 10.6. The first-order chi connectivity index (χ1) is 4.84. The Morgan fingerprint density at radius 2 is 2.60 bits per heavy atom. The van der Waals surface area contributed by atoms with Gasteiger partial charge in [-0.25, -0.2) is 9.67 Å². The SMILES string of the molecule is Cn1ncnc1C#CCCl. The zero-order valence-corrected chi connectivity index (χ0v) is 6.26. The second kappa shape index (κ2) is 3.23. The second-order valence-electron chi connectivity index (χ2n) is 1.64. The van der Waals surface area contributed by atoms with Crippen LogP contribution in [-0.4, -0.2) is 20.6 Å². The number of alkyl halides is 1. The van der Waals surface area contributed by atoms with Crippen LogP contribution in [0.25, 0.3) is 0 Å². The molecular formula is C6H6ClN3. The zero-order valence-electron chi connectivity index (χ0n) is 5.50. The smallest absolute Gasteiger partial charge is 0.203 e. The first kappa shape index (κ1) is 7.10. The van der Waals surface area contributed by atoms with Crippen LogP contribution in [0.1, 0.15) is 5.82 Å². The molecule has 0 aliphatic rings. The molecule has 0 bridgehead atoms. The van der Waals surface area contributed by atoms with Crippen molar-refractivity contribution >= 4 is 11.6 Å². The van der Waals surface area contributed by atoms with Crippen molar-refractivity contribution in [2.75, 3.05) is 5.88 Å². The highest BCUT2D eigenvalue weighted by atomic mass is 35.5. The third-order valence-electron chi connectivity index (χ3n) is 0.978. The lowest BCUT2D eigenvalue weighted by Gasteiger charge is -1.85. The van der Waals surface area contributed by atoms with Gasteiger partial charge < -0.3 is 0 Å². The maximum absolute atomic E-state index is 5.34. The van der Waals surface area contributed by atoms with Crippen molar-refractivity contribution in [3.05, 3.63) is 12.2 Å². The summed E-state index contributed by atoms with van der Waals surface area (Å²) in [5, 5.41) is 3.83. The summed E-state index contributed by atoms with van der Waals surface area (Å²) in [6, 6.07) is 0. The van der Waals surface area contributed by atoms with E-state index < -0.39 is 0 Å². The van der Waals surface area contributed by atoms with Crippen LogP contribution in [0.3, 0.4) is 0 Å². The molecule has 0 atom stereocenters. The molecule has 1 aromatic rings. The van der Waals surface area contributed by atoms with E-state index in [1.54, 1.807) is 11.7 Å². The average molecular weight is 156 g/mol. The number of rotatable bonds is 0. The molecule has 52 valence electrons. The monoisotopic (exact) mass is 155 g/mol. The van der Waals surface area contributed by atoms with Gasteiger partial charge in [-0.1, -0.05) is 5.92 Å². The van der Waals surface area contributed by atoms with Crippen molar-refractivity contribution in [2.45, 2.75) is 0 Å². The Bertz CT molecular complexity index is 268. The number of aryl methyl sites for hydroxylation is 1. The number of nitrogens with zero attached hydrogens (tertiary/aromatic N) is 3. The van der Waals surface area contributed by atoms with Crippen LogP contribution in [0.4, 0.5) is 0 Å². The quantitative estimate of drug-likeness (QED) is 0.401. The minimum absolute atomic E-state index is 0.326. The van der Waals surface area contributed by atoms with Gasteiger partial charge in [-0.05, 0) is 5.92 Å². The molecule has 1 aromatic heterocycles. The minimum Gasteiger partial charge on any atom is -0.242 e. The van der Waals surface area contributed by atoms with Gasteiger partial charge in [0.2, 0.25) is 5.82 Å². The van der Waals surface area contributed by atoms with Crippen molar-refractivity contribution in [1.82, 2.24) is 14.8 Å². The molecule has 4 heteroatoms. The molecule has 0 amide bonds. The molecule has 0 aromatic carbocycles. The van der Waals surface area contributed by atoms with Crippen molar-refractivity contribution in [1.29, 1.82) is 0 Å². The van der Waals surface area contributed by atoms with Crippen LogP contribution in [0.2, 0.25) is 0 Å². The maximum Gasteiger partial charge on any atom is 0.203 e. The van der Waals surface area contributed by atoms with Gasteiger partial charge in [0.15, 0.2) is 0 Å². The van der Waals surface area contributed by atoms with Crippen LogP contribution < -0.4 is 0 Å². The molecule has 0 saturated heterocycles. The predicted molar refractivity (Wildman–Crippen MR) is 38.6 cm³/mol. The number of aromatic nitrogens is 3. The summed E-state index contributed by atoms with van der Waals surface area (Å²) in [6.07, 6.45) is 1.46. The van der Waals surface area contributed by atoms with Gasteiger partial charge in [-0.15, -0.1) is 11.6 Å². The summed E-state index contributed by atoms with van der Waals surface area (Å²) in [6.45, 7) is 0. The largest absolute Gasteiger partial charge is 0.242 e. The zero-order chi connectivity index (χ0) is 7.40. The molecular weight excluding hydrogens is 150 g/mol. The third kappa shape index (κ3) is 1.49. The molecule has 0 aliphatic carbocycles. The molecule has 1 rings (SSSR count). The van der Waals surface area contributed by atoms with Gasteiger partial charge in [0.25, 0.3) is 0 Å². The van der Waals surface area contributed by atoms with Crippen molar-refractivity contribution in [2.24, 2.45) is 7.05 Å². The highest BCUT2D eigenvalue weighted by molar-refractivity contribution is 6.19. The Hall–Kier alpha value is -1.01. The van der Waals surface area contributed by atoms with E-state index in [-0.39, 0.29) is 0 Å². The topological polar surface area (TPSA) is 30.7 Å². The highest BCUT2D eigenvalue weighted by Gasteiger charge is 1.91. The third-order valence-corrected chi connectivity index (χ3v) is 1.11. The molecule has 1 heterocycles. The molecule has 0 radical (unpaired) electrons. The van der Waals surface area contributed by atoms with E-state index in [0.29, 0.717) is 11.7 Å². The molecule has 3 nitrogen and oxygen atoms in total. The molecule has 0 N–H and O–H groups in total. The Labute approximate surface area is 64.0 Å². The molecule has 10 heavy (non-hydrogen) atoms. The van der Waals surface area contributed by atoms with Crippen molar-refractivity contribution in [3.63, 3.8) is 0 Å². The van der Waals surface area contributed by atoms with Crippen LogP contribution in [0.5, 0.6) is 0 Å². The van der Waals surface area contributed by atoms with Crippen LogP contribution in [0, 0.1) is 11.8 Å². The lowest BCUT2D eigenvalue weighted by molar-refractivity contribution is 0.754. The van der Waals surface area contributed by atoms with E-state index in [0.717, 1.165) is 0 Å². The van der Waals surface area contributed by atoms with E-state index in [1.807, 2.05) is 0 Å². The predicted octanol–water partition coefficient (Wildman–Crippen LogP) is 0.405. The minimum atomic E-state index is 0.326. The van der Waals surface area contributed by atoms with Crippen LogP contribution in [-0.2, 0) is 7.05 Å². The Morgan fingerprint density at radius 3 is 3.10 bits per heavy atom. The number of hydrogen-bond donors (Lipinski definition) is 0. The average Bonchev–Trinajstić information content (AvgIpc) is 2.31. The first-order valence-electron chi connectivity index (χ1n) is 2.73. The molecule has 0 fully saturated rings. The van der Waals surface area contributed by atoms with Gasteiger partial charge in [-0.3, -0.25) is 0 Å². The fourth-order valence-electron chi connectivity index (χ4n) is 0.522. The van der Waals surface area contributed by atoms with Crippen molar-refractivity contribution in [3.8, 4) is 11.8 Å². The number of halogens is 1. The first-order valence-corrected chi connectivity index (χ1v) is 3.27. The fourth-order valence-corrected chi connectivity index (χ4v) is 0.589. The van der Waals surface area contributed by atoms with Crippen LogP contribution >= 0.6 is 11.6 Å². The van der Waals surface area contributed by atoms with E-state index in [4.69, 9.17) is 11.6 Å². The van der Waals surface area contributed by atoms with Crippen molar-refractivity contribution < 1.29 is 0 Å². The summed E-state index contributed by atoms with van der Waals surface area (Å²) < 4.78 is 1.60. The van der Waals surface area contributed by atoms with Gasteiger partial charge in [0.1, 0.15) is 6.33 Å². The highest BCUT2D eigenvalue weighted by Crippen LogP contribution is 1.85. The van der Waals surface area contributed by atoms with E-state index in [2.05, 4.69) is 21.9 Å². The Kier molecular flexibility index (Phi) is 2.30. The fraction of sp³-hybridized carbons (Fsp3) is 0.333. The van der Waals surface area contributed by atoms with Gasteiger partial charge in [0.05, 0.1) is 5.88 Å². The molecule has 0 unspecified atom stereocenters. The molecule has 0 aliphatic heterocycles. The summed E-state index contributed by atoms with van der Waals surface area (Å²) in [7, 11) is 1.78. The maximum atomic E-state index is 5.34. The summed E-state index contributed by atoms with van der Waals surface area (Å²) in [4.78, 5) is 3.87. The Morgan fingerprint density at radius 1 is 1.80 bits per heavy atom. The van der Waals surface area contributed by atoms with Gasteiger partial charge in [0, 0.05) is 7.05 Å². The molecule has 0 spiro atoms. The van der Waals surface area contributed by atoms with E-state index in [9.17, 15) is 0 Å². The second-order valence-corrected chi connectivity index (χ2v) is 1.91. The van der Waals surface area contributed by atoms with E-state index in [1.165, 1.54) is 6.33 Å². The Balaban J connectivity index is 2.84. The lowest BCUT2D eigenvalue weighted by Crippen LogP contribution is -1.93. The van der Waals surface area contributed by atoms with Gasteiger partial charge in [-0.2, -0.15) is 5.10 Å². The number of hydrogen-bond acceptors (Lipinski definition) is 2. The normalized spacial score (nSPS) is 8.60. The standard InChI is InChI=1S/C6H6ClN3/c1-10-6(3-2-4-7)8-5-9-10/h5H,4H2,1H3. The van der Waals surface area contributed by atoms with Gasteiger partial charge >= 0.3 is 0 Å². The summed E-state index contributed by atoms with van der Waals surface area (Å²) >= 11 is 5.34. The van der Waals surface area contributed by atoms with Crippen LogP contribution in [0.15, 0.2) is 6.33 Å². The summed E-state index contributed by atoms with van der Waals surface area (Å²) in [5.74, 6) is 6.40. The summed E-state index contributed by atoms with van der Waals surface area (Å²) in [5.41, 5.74) is 0. The van der Waals surface area contributed by atoms with E-state index >= 15 is 0 Å². The molecule has 0 saturated carbocycles.